The zero-order chi connectivity index (χ0) is 13.8. The van der Waals surface area contributed by atoms with Crippen LogP contribution in [0.2, 0.25) is 0 Å². The van der Waals surface area contributed by atoms with Crippen LogP contribution in [0, 0.1) is 13.8 Å². The number of hydrogen-bond donors (Lipinski definition) is 1. The van der Waals surface area contributed by atoms with E-state index in [9.17, 15) is 5.11 Å². The average molecular weight is 255 g/mol. The fraction of sp³-hybridized carbons (Fsp3) is 0.188. The lowest BCUT2D eigenvalue weighted by Crippen LogP contribution is -1.86. The highest BCUT2D eigenvalue weighted by Crippen LogP contribution is 2.26. The molecule has 0 saturated heterocycles. The Labute approximate surface area is 113 Å². The van der Waals surface area contributed by atoms with Crippen LogP contribution in [0.25, 0.3) is 0 Å². The summed E-state index contributed by atoms with van der Waals surface area (Å²) in [6, 6.07) is 11.3. The van der Waals surface area contributed by atoms with Crippen molar-refractivity contribution in [3.63, 3.8) is 0 Å². The van der Waals surface area contributed by atoms with Gasteiger partial charge in [-0.05, 0) is 49.2 Å². The lowest BCUT2D eigenvalue weighted by atomic mass is 10.1. The van der Waals surface area contributed by atoms with Crippen LogP contribution in [0.15, 0.2) is 41.4 Å². The second-order valence-corrected chi connectivity index (χ2v) is 4.48. The largest absolute Gasteiger partial charge is 0.504 e. The molecular formula is C16H17NO2. The second kappa shape index (κ2) is 5.57. The topological polar surface area (TPSA) is 41.8 Å². The molecule has 19 heavy (non-hydrogen) atoms. The minimum absolute atomic E-state index is 0.118. The first-order valence-corrected chi connectivity index (χ1v) is 6.08. The molecule has 2 rings (SSSR count). The fourth-order valence-electron chi connectivity index (χ4n) is 1.88. The molecule has 0 amide bonds. The van der Waals surface area contributed by atoms with Crippen molar-refractivity contribution in [3.8, 4) is 11.5 Å². The van der Waals surface area contributed by atoms with Crippen LogP contribution in [0.5, 0.6) is 11.5 Å². The molecule has 0 aliphatic rings. The predicted octanol–water partition coefficient (Wildman–Crippen LogP) is 3.77. The first-order valence-electron chi connectivity index (χ1n) is 6.08. The molecule has 3 heteroatoms. The molecule has 0 atom stereocenters. The Morgan fingerprint density at radius 1 is 1.11 bits per heavy atom. The molecule has 1 N–H and O–H groups in total. The van der Waals surface area contributed by atoms with Crippen LogP contribution in [0.1, 0.15) is 16.7 Å². The summed E-state index contributed by atoms with van der Waals surface area (Å²) in [6.07, 6.45) is 1.73. The lowest BCUT2D eigenvalue weighted by molar-refractivity contribution is 0.373. The molecule has 2 aromatic rings. The highest BCUT2D eigenvalue weighted by Gasteiger charge is 2.01. The summed E-state index contributed by atoms with van der Waals surface area (Å²) in [6.45, 7) is 4.09. The molecule has 0 aliphatic carbocycles. The number of aryl methyl sites for hydroxylation is 2. The molecule has 0 radical (unpaired) electrons. The summed E-state index contributed by atoms with van der Waals surface area (Å²) in [5.41, 5.74) is 4.12. The standard InChI is InChI=1S/C16H17NO2/c1-11-4-6-14(12(2)8-11)17-10-13-5-7-16(19-3)15(18)9-13/h4-10,18H,1-3H3. The van der Waals surface area contributed by atoms with Gasteiger partial charge in [-0.2, -0.15) is 0 Å². The highest BCUT2D eigenvalue weighted by molar-refractivity contribution is 5.83. The van der Waals surface area contributed by atoms with E-state index in [0.717, 1.165) is 16.8 Å². The molecule has 0 fully saturated rings. The van der Waals surface area contributed by atoms with E-state index in [2.05, 4.69) is 18.0 Å². The van der Waals surface area contributed by atoms with Crippen LogP contribution < -0.4 is 4.74 Å². The Balaban J connectivity index is 2.25. The minimum Gasteiger partial charge on any atom is -0.504 e. The van der Waals surface area contributed by atoms with Crippen molar-refractivity contribution in [2.24, 2.45) is 4.99 Å². The second-order valence-electron chi connectivity index (χ2n) is 4.48. The van der Waals surface area contributed by atoms with E-state index in [1.165, 1.54) is 12.7 Å². The number of phenols is 1. The summed E-state index contributed by atoms with van der Waals surface area (Å²) in [5, 5.41) is 9.69. The number of ether oxygens (including phenoxy) is 1. The zero-order valence-electron chi connectivity index (χ0n) is 11.3. The summed E-state index contributed by atoms with van der Waals surface area (Å²) in [5.74, 6) is 0.579. The van der Waals surface area contributed by atoms with Crippen molar-refractivity contribution in [2.75, 3.05) is 7.11 Å². The number of hydrogen-bond acceptors (Lipinski definition) is 3. The van der Waals surface area contributed by atoms with Crippen molar-refractivity contribution >= 4 is 11.9 Å². The van der Waals surface area contributed by atoms with Gasteiger partial charge in [0.1, 0.15) is 0 Å². The maximum Gasteiger partial charge on any atom is 0.160 e. The molecule has 0 aliphatic heterocycles. The molecule has 3 nitrogen and oxygen atoms in total. The molecule has 0 saturated carbocycles. The van der Waals surface area contributed by atoms with Gasteiger partial charge < -0.3 is 9.84 Å². The monoisotopic (exact) mass is 255 g/mol. The number of methoxy groups -OCH3 is 1. The third kappa shape index (κ3) is 3.13. The molecule has 0 unspecified atom stereocenters. The number of rotatable bonds is 3. The molecule has 2 aromatic carbocycles. The van der Waals surface area contributed by atoms with E-state index < -0.39 is 0 Å². The van der Waals surface area contributed by atoms with Gasteiger partial charge in [-0.15, -0.1) is 0 Å². The molecule has 0 aromatic heterocycles. The van der Waals surface area contributed by atoms with Crippen molar-refractivity contribution in [3.05, 3.63) is 53.1 Å². The van der Waals surface area contributed by atoms with E-state index in [-0.39, 0.29) is 5.75 Å². The van der Waals surface area contributed by atoms with E-state index in [1.54, 1.807) is 18.3 Å². The molecular weight excluding hydrogens is 238 g/mol. The minimum atomic E-state index is 0.118. The Morgan fingerprint density at radius 3 is 2.53 bits per heavy atom. The number of aliphatic imine (C=N–C) groups is 1. The summed E-state index contributed by atoms with van der Waals surface area (Å²) >= 11 is 0. The van der Waals surface area contributed by atoms with Crippen LogP contribution in [0.4, 0.5) is 5.69 Å². The van der Waals surface area contributed by atoms with Gasteiger partial charge in [-0.25, -0.2) is 0 Å². The summed E-state index contributed by atoms with van der Waals surface area (Å²) < 4.78 is 5.00. The SMILES string of the molecule is COc1ccc(C=Nc2ccc(C)cc2C)cc1O. The Bertz CT molecular complexity index is 618. The van der Waals surface area contributed by atoms with Crippen molar-refractivity contribution in [1.29, 1.82) is 0 Å². The third-order valence-corrected chi connectivity index (χ3v) is 2.91. The predicted molar refractivity (Wildman–Crippen MR) is 77.8 cm³/mol. The Hall–Kier alpha value is -2.29. The molecule has 0 spiro atoms. The molecule has 0 bridgehead atoms. The number of aromatic hydroxyl groups is 1. The average Bonchev–Trinajstić information content (AvgIpc) is 2.38. The van der Waals surface area contributed by atoms with Crippen molar-refractivity contribution in [2.45, 2.75) is 13.8 Å². The van der Waals surface area contributed by atoms with Crippen LogP contribution in [-0.2, 0) is 0 Å². The normalized spacial score (nSPS) is 10.9. The third-order valence-electron chi connectivity index (χ3n) is 2.91. The number of nitrogens with zero attached hydrogens (tertiary/aromatic N) is 1. The maximum atomic E-state index is 9.69. The van der Waals surface area contributed by atoms with Crippen LogP contribution in [-0.4, -0.2) is 18.4 Å². The maximum absolute atomic E-state index is 9.69. The summed E-state index contributed by atoms with van der Waals surface area (Å²) in [7, 11) is 1.53. The summed E-state index contributed by atoms with van der Waals surface area (Å²) in [4.78, 5) is 4.44. The van der Waals surface area contributed by atoms with Crippen LogP contribution >= 0.6 is 0 Å². The quantitative estimate of drug-likeness (QED) is 0.848. The Kier molecular flexibility index (Phi) is 3.85. The van der Waals surface area contributed by atoms with Gasteiger partial charge in [-0.3, -0.25) is 4.99 Å². The first kappa shape index (κ1) is 13.1. The van der Waals surface area contributed by atoms with Crippen molar-refractivity contribution < 1.29 is 9.84 Å². The number of phenolic OH excluding ortho intramolecular Hbond substituents is 1. The van der Waals surface area contributed by atoms with Gasteiger partial charge in [0, 0.05) is 6.21 Å². The molecule has 0 heterocycles. The van der Waals surface area contributed by atoms with E-state index in [0.29, 0.717) is 5.75 Å². The highest BCUT2D eigenvalue weighted by atomic mass is 16.5. The Morgan fingerprint density at radius 2 is 1.89 bits per heavy atom. The van der Waals surface area contributed by atoms with E-state index in [1.807, 2.05) is 25.1 Å². The number of benzene rings is 2. The lowest BCUT2D eigenvalue weighted by Gasteiger charge is -2.04. The van der Waals surface area contributed by atoms with Gasteiger partial charge in [0.05, 0.1) is 12.8 Å². The van der Waals surface area contributed by atoms with Crippen LogP contribution in [0.3, 0.4) is 0 Å². The fourth-order valence-corrected chi connectivity index (χ4v) is 1.88. The van der Waals surface area contributed by atoms with Gasteiger partial charge in [-0.1, -0.05) is 17.7 Å². The first-order chi connectivity index (χ1) is 9.10. The smallest absolute Gasteiger partial charge is 0.160 e. The molecule has 98 valence electrons. The zero-order valence-corrected chi connectivity index (χ0v) is 11.3. The van der Waals surface area contributed by atoms with Gasteiger partial charge in [0.25, 0.3) is 0 Å². The van der Waals surface area contributed by atoms with E-state index in [4.69, 9.17) is 4.74 Å². The van der Waals surface area contributed by atoms with Crippen molar-refractivity contribution in [1.82, 2.24) is 0 Å². The van der Waals surface area contributed by atoms with E-state index >= 15 is 0 Å². The van der Waals surface area contributed by atoms with Gasteiger partial charge in [0.15, 0.2) is 11.5 Å². The van der Waals surface area contributed by atoms with Gasteiger partial charge >= 0.3 is 0 Å². The van der Waals surface area contributed by atoms with Gasteiger partial charge in [0.2, 0.25) is 0 Å².